The van der Waals surface area contributed by atoms with Crippen LogP contribution in [0.5, 0.6) is 11.5 Å². The van der Waals surface area contributed by atoms with E-state index in [4.69, 9.17) is 9.47 Å². The molecule has 4 heteroatoms. The van der Waals surface area contributed by atoms with E-state index >= 15 is 0 Å². The maximum Gasteiger partial charge on any atom is 0.129 e. The number of ether oxygens (including phenoxy) is 2. The Kier molecular flexibility index (Phi) is 5.04. The molecule has 106 valence electrons. The van der Waals surface area contributed by atoms with Gasteiger partial charge in [-0.1, -0.05) is 34.1 Å². The molecule has 0 amide bonds. The van der Waals surface area contributed by atoms with E-state index in [-0.39, 0.29) is 0 Å². The molecule has 0 spiro atoms. The monoisotopic (exact) mass is 336 g/mol. The highest BCUT2D eigenvalue weighted by Crippen LogP contribution is 2.30. The smallest absolute Gasteiger partial charge is 0.129 e. The third kappa shape index (κ3) is 3.52. The van der Waals surface area contributed by atoms with Gasteiger partial charge in [0.05, 0.1) is 13.2 Å². The standard InChI is InChI=1S/C16H17BrO3/c1-11(18)14-8-7-13(19-2)9-16(14)20-10-12-5-3-4-6-15(12)17/h3-9,11,18H,10H2,1-2H3/t11-/m0/s1. The third-order valence-electron chi connectivity index (χ3n) is 3.01. The summed E-state index contributed by atoms with van der Waals surface area (Å²) in [4.78, 5) is 0. The van der Waals surface area contributed by atoms with Gasteiger partial charge in [-0.15, -0.1) is 0 Å². The van der Waals surface area contributed by atoms with E-state index in [1.165, 1.54) is 0 Å². The van der Waals surface area contributed by atoms with E-state index in [2.05, 4.69) is 15.9 Å². The number of aliphatic hydroxyl groups is 1. The van der Waals surface area contributed by atoms with Gasteiger partial charge in [0.25, 0.3) is 0 Å². The Morgan fingerprint density at radius 1 is 1.20 bits per heavy atom. The van der Waals surface area contributed by atoms with Crippen molar-refractivity contribution in [3.63, 3.8) is 0 Å². The highest BCUT2D eigenvalue weighted by molar-refractivity contribution is 9.10. The Morgan fingerprint density at radius 3 is 2.60 bits per heavy atom. The first-order valence-electron chi connectivity index (χ1n) is 6.34. The molecular formula is C16H17BrO3. The summed E-state index contributed by atoms with van der Waals surface area (Å²) in [6.07, 6.45) is -0.588. The van der Waals surface area contributed by atoms with Crippen LogP contribution in [0.3, 0.4) is 0 Å². The molecule has 2 aromatic carbocycles. The minimum atomic E-state index is -0.588. The molecule has 0 saturated heterocycles. The van der Waals surface area contributed by atoms with Crippen LogP contribution in [-0.4, -0.2) is 12.2 Å². The van der Waals surface area contributed by atoms with Crippen molar-refractivity contribution in [2.24, 2.45) is 0 Å². The van der Waals surface area contributed by atoms with Crippen LogP contribution >= 0.6 is 15.9 Å². The average Bonchev–Trinajstić information content (AvgIpc) is 2.46. The van der Waals surface area contributed by atoms with Crippen LogP contribution in [0.25, 0.3) is 0 Å². The van der Waals surface area contributed by atoms with Gasteiger partial charge >= 0.3 is 0 Å². The van der Waals surface area contributed by atoms with Crippen LogP contribution in [0.2, 0.25) is 0 Å². The molecule has 0 aliphatic heterocycles. The maximum absolute atomic E-state index is 9.79. The summed E-state index contributed by atoms with van der Waals surface area (Å²) in [6.45, 7) is 2.14. The summed E-state index contributed by atoms with van der Waals surface area (Å²) in [5.74, 6) is 1.34. The first-order valence-corrected chi connectivity index (χ1v) is 7.13. The van der Waals surface area contributed by atoms with Crippen LogP contribution in [0.4, 0.5) is 0 Å². The normalized spacial score (nSPS) is 12.0. The van der Waals surface area contributed by atoms with Crippen LogP contribution in [0.1, 0.15) is 24.2 Å². The number of benzene rings is 2. The molecule has 3 nitrogen and oxygen atoms in total. The number of methoxy groups -OCH3 is 1. The first kappa shape index (κ1) is 14.9. The predicted molar refractivity (Wildman–Crippen MR) is 82.1 cm³/mol. The van der Waals surface area contributed by atoms with Crippen molar-refractivity contribution >= 4 is 15.9 Å². The summed E-state index contributed by atoms with van der Waals surface area (Å²) in [6, 6.07) is 13.3. The van der Waals surface area contributed by atoms with E-state index in [9.17, 15) is 5.11 Å². The SMILES string of the molecule is COc1ccc([C@H](C)O)c(OCc2ccccc2Br)c1. The molecule has 0 aromatic heterocycles. The van der Waals surface area contributed by atoms with Gasteiger partial charge in [-0.05, 0) is 25.1 Å². The van der Waals surface area contributed by atoms with Gasteiger partial charge in [0.2, 0.25) is 0 Å². The molecule has 20 heavy (non-hydrogen) atoms. The zero-order chi connectivity index (χ0) is 14.5. The fourth-order valence-corrected chi connectivity index (χ4v) is 2.28. The Morgan fingerprint density at radius 2 is 1.95 bits per heavy atom. The fourth-order valence-electron chi connectivity index (χ4n) is 1.88. The van der Waals surface area contributed by atoms with Crippen LogP contribution in [0.15, 0.2) is 46.9 Å². The summed E-state index contributed by atoms with van der Waals surface area (Å²) >= 11 is 3.49. The number of rotatable bonds is 5. The average molecular weight is 337 g/mol. The molecule has 2 aromatic rings. The summed E-state index contributed by atoms with van der Waals surface area (Å²) in [7, 11) is 1.61. The molecule has 0 radical (unpaired) electrons. The first-order chi connectivity index (χ1) is 9.61. The van der Waals surface area contributed by atoms with Crippen molar-refractivity contribution in [3.8, 4) is 11.5 Å². The number of aliphatic hydroxyl groups excluding tert-OH is 1. The molecule has 0 unspecified atom stereocenters. The summed E-state index contributed by atoms with van der Waals surface area (Å²) in [5.41, 5.74) is 1.80. The highest BCUT2D eigenvalue weighted by Gasteiger charge is 2.11. The lowest BCUT2D eigenvalue weighted by Crippen LogP contribution is -2.02. The molecule has 0 bridgehead atoms. The van der Waals surface area contributed by atoms with E-state index in [1.807, 2.05) is 36.4 Å². The van der Waals surface area contributed by atoms with Crippen molar-refractivity contribution in [1.82, 2.24) is 0 Å². The molecule has 0 heterocycles. The molecule has 1 N–H and O–H groups in total. The zero-order valence-electron chi connectivity index (χ0n) is 11.5. The number of hydrogen-bond donors (Lipinski definition) is 1. The largest absolute Gasteiger partial charge is 0.497 e. The second kappa shape index (κ2) is 6.77. The molecule has 0 fully saturated rings. The van der Waals surface area contributed by atoms with Gasteiger partial charge in [0.15, 0.2) is 0 Å². The van der Waals surface area contributed by atoms with Gasteiger partial charge in [-0.25, -0.2) is 0 Å². The minimum absolute atomic E-state index is 0.425. The van der Waals surface area contributed by atoms with Gasteiger partial charge in [0, 0.05) is 21.7 Å². The van der Waals surface area contributed by atoms with E-state index in [0.29, 0.717) is 18.1 Å². The predicted octanol–water partition coefficient (Wildman–Crippen LogP) is 4.09. The molecule has 0 aliphatic rings. The van der Waals surface area contributed by atoms with Gasteiger partial charge in [-0.3, -0.25) is 0 Å². The Bertz CT molecular complexity index is 582. The van der Waals surface area contributed by atoms with Crippen LogP contribution in [0, 0.1) is 0 Å². The van der Waals surface area contributed by atoms with Gasteiger partial charge in [-0.2, -0.15) is 0 Å². The van der Waals surface area contributed by atoms with E-state index in [1.54, 1.807) is 20.1 Å². The van der Waals surface area contributed by atoms with Crippen LogP contribution in [-0.2, 0) is 6.61 Å². The minimum Gasteiger partial charge on any atom is -0.497 e. The van der Waals surface area contributed by atoms with E-state index < -0.39 is 6.10 Å². The van der Waals surface area contributed by atoms with Gasteiger partial charge in [0.1, 0.15) is 18.1 Å². The Labute approximate surface area is 127 Å². The lowest BCUT2D eigenvalue weighted by atomic mass is 10.1. The summed E-state index contributed by atoms with van der Waals surface area (Å²) in [5, 5.41) is 9.79. The molecule has 2 rings (SSSR count). The van der Waals surface area contributed by atoms with Crippen molar-refractivity contribution in [2.75, 3.05) is 7.11 Å². The highest BCUT2D eigenvalue weighted by atomic mass is 79.9. The number of halogens is 1. The van der Waals surface area contributed by atoms with Gasteiger partial charge < -0.3 is 14.6 Å². The van der Waals surface area contributed by atoms with E-state index in [0.717, 1.165) is 15.6 Å². The quantitative estimate of drug-likeness (QED) is 0.893. The lowest BCUT2D eigenvalue weighted by molar-refractivity contribution is 0.190. The molecule has 1 atom stereocenters. The van der Waals surface area contributed by atoms with Crippen molar-refractivity contribution in [1.29, 1.82) is 0 Å². The molecule has 0 saturated carbocycles. The number of hydrogen-bond acceptors (Lipinski definition) is 3. The lowest BCUT2D eigenvalue weighted by Gasteiger charge is -2.15. The Balaban J connectivity index is 2.21. The maximum atomic E-state index is 9.79. The molecular weight excluding hydrogens is 320 g/mol. The Hall–Kier alpha value is -1.52. The van der Waals surface area contributed by atoms with Crippen LogP contribution < -0.4 is 9.47 Å². The van der Waals surface area contributed by atoms with Crippen molar-refractivity contribution in [2.45, 2.75) is 19.6 Å². The fraction of sp³-hybridized carbons (Fsp3) is 0.250. The third-order valence-corrected chi connectivity index (χ3v) is 3.79. The van der Waals surface area contributed by atoms with Crippen molar-refractivity contribution < 1.29 is 14.6 Å². The topological polar surface area (TPSA) is 38.7 Å². The second-order valence-electron chi connectivity index (χ2n) is 4.46. The summed E-state index contributed by atoms with van der Waals surface area (Å²) < 4.78 is 12.0. The molecule has 0 aliphatic carbocycles. The van der Waals surface area contributed by atoms with Crippen molar-refractivity contribution in [3.05, 3.63) is 58.1 Å². The zero-order valence-corrected chi connectivity index (χ0v) is 13.1. The second-order valence-corrected chi connectivity index (χ2v) is 5.31.